The fourth-order valence-corrected chi connectivity index (χ4v) is 16.0. The van der Waals surface area contributed by atoms with Crippen LogP contribution in [-0.2, 0) is 41.5 Å². The smallest absolute Gasteiger partial charge is 0.333 e. The highest BCUT2D eigenvalue weighted by Gasteiger charge is 2.47. The first-order valence-corrected chi connectivity index (χ1v) is 39.2. The molecule has 0 saturated carbocycles. The number of amides is 6. The van der Waals surface area contributed by atoms with Gasteiger partial charge < -0.3 is 47.9 Å². The van der Waals surface area contributed by atoms with Crippen molar-refractivity contribution in [2.75, 3.05) is 26.3 Å². The number of ether oxygens (including phenoxy) is 6. The van der Waals surface area contributed by atoms with Crippen molar-refractivity contribution < 1.29 is 75.6 Å². The first-order chi connectivity index (χ1) is 57.1. The number of nitrogens with zero attached hydrogens (tertiary/aromatic N) is 2. The van der Waals surface area contributed by atoms with E-state index >= 15 is 28.8 Å². The Morgan fingerprint density at radius 3 is 0.966 bits per heavy atom. The fraction of sp³-hybridized carbons (Fsp3) is 0.184. The Kier molecular flexibility index (Phi) is 20.3. The van der Waals surface area contributed by atoms with Crippen molar-refractivity contribution in [3.8, 4) is 46.0 Å². The van der Waals surface area contributed by atoms with Gasteiger partial charge in [-0.05, 0) is 163 Å². The predicted molar refractivity (Wildman–Crippen MR) is 452 cm³/mol. The predicted octanol–water partition coefficient (Wildman–Crippen LogP) is 20.4. The Balaban J connectivity index is 0.925. The molecule has 2 aliphatic rings. The summed E-state index contributed by atoms with van der Waals surface area (Å²) in [7, 11) is 0. The van der Waals surface area contributed by atoms with E-state index in [0.717, 1.165) is 53.6 Å². The van der Waals surface area contributed by atoms with Gasteiger partial charge in [-0.1, -0.05) is 157 Å². The van der Waals surface area contributed by atoms with Gasteiger partial charge in [0.05, 0.1) is 35.5 Å². The van der Waals surface area contributed by atoms with Gasteiger partial charge in [0, 0.05) is 102 Å². The van der Waals surface area contributed by atoms with E-state index in [4.69, 9.17) is 37.3 Å². The number of rotatable bonds is 28. The number of carbonyl (C=O) groups is 8. The molecule has 2 aliphatic heterocycles. The maximum atomic E-state index is 16.9. The van der Waals surface area contributed by atoms with Crippen LogP contribution >= 0.6 is 0 Å². The zero-order valence-corrected chi connectivity index (χ0v) is 65.7. The Hall–Kier alpha value is -14.4. The van der Waals surface area contributed by atoms with Crippen molar-refractivity contribution in [3.63, 3.8) is 0 Å². The highest BCUT2D eigenvalue weighted by molar-refractivity contribution is 6.45. The highest BCUT2D eigenvalue weighted by atomic mass is 16.5. The molecular formula is C98H80N4O16. The van der Waals surface area contributed by atoms with Gasteiger partial charge in [0.25, 0.3) is 23.6 Å². The number of hydrogen-bond acceptors (Lipinski definition) is 16. The molecule has 13 aromatic carbocycles. The van der Waals surface area contributed by atoms with E-state index in [1.807, 2.05) is 149 Å². The molecule has 4 heterocycles. The van der Waals surface area contributed by atoms with Gasteiger partial charge >= 0.3 is 11.9 Å². The molecule has 0 saturated heterocycles. The molecule has 2 N–H and O–H groups in total. The van der Waals surface area contributed by atoms with Crippen LogP contribution in [0.5, 0.6) is 46.0 Å². The number of benzene rings is 13. The normalized spacial score (nSPS) is 13.2. The number of carbonyl (C=O) groups excluding carboxylic acids is 8. The molecule has 0 fully saturated rings. The maximum absolute atomic E-state index is 16.9. The topological polar surface area (TPSA) is 249 Å². The summed E-state index contributed by atoms with van der Waals surface area (Å²) in [6.45, 7) is 18.4. The molecule has 20 heteroatoms. The van der Waals surface area contributed by atoms with Crippen LogP contribution in [0, 0.1) is 27.7 Å². The number of furan rings is 2. The average Bonchev–Trinajstić information content (AvgIpc) is 0.959. The quantitative estimate of drug-likeness (QED) is 0.0115. The summed E-state index contributed by atoms with van der Waals surface area (Å²) < 4.78 is 53.2. The number of esters is 2. The van der Waals surface area contributed by atoms with Crippen molar-refractivity contribution in [2.45, 2.75) is 92.2 Å². The van der Waals surface area contributed by atoms with Crippen LogP contribution in [0.25, 0.3) is 87.0 Å². The van der Waals surface area contributed by atoms with Gasteiger partial charge in [0.1, 0.15) is 80.4 Å². The summed E-state index contributed by atoms with van der Waals surface area (Å²) in [6, 6.07) is 58.5. The lowest BCUT2D eigenvalue weighted by molar-refractivity contribution is -0.139. The van der Waals surface area contributed by atoms with Crippen molar-refractivity contribution in [2.24, 2.45) is 0 Å². The molecule has 588 valence electrons. The first-order valence-electron chi connectivity index (χ1n) is 39.2. The van der Waals surface area contributed by atoms with Crippen molar-refractivity contribution in [1.82, 2.24) is 20.4 Å². The second kappa shape index (κ2) is 31.4. The molecule has 0 radical (unpaired) electrons. The molecule has 15 aromatic rings. The monoisotopic (exact) mass is 1570 g/mol. The van der Waals surface area contributed by atoms with Crippen LogP contribution in [0.2, 0.25) is 0 Å². The molecule has 17 rings (SSSR count). The lowest BCUT2D eigenvalue weighted by Crippen LogP contribution is -2.55. The van der Waals surface area contributed by atoms with Crippen molar-refractivity contribution in [3.05, 3.63) is 286 Å². The number of unbranched alkanes of at least 4 members (excludes halogenated alkanes) is 2. The third kappa shape index (κ3) is 14.1. The average molecular weight is 1570 g/mol. The SMILES string of the molecule is C=C(C)C(=O)OCCCCNC(=O)C(Cc1cccc2c1oc1ccccc12)N1C(=O)c2cc(Oc3ccc(C)cc3)c3c4c(Oc5ccc(C)cc5)cc5c6c(cc(Oc7ccc(C)cc7)c(c7c(Oc8ccc(C)cc8)cc(c2c37)C1=O)c64)C(=O)N(C(Cc1cccc2c1oc1ccccc12)C(=O)NCCCCOC(=O)C(=C)C)C5=O. The second-order valence-electron chi connectivity index (χ2n) is 30.4. The molecular weight excluding hydrogens is 1490 g/mol. The number of imide groups is 2. The van der Waals surface area contributed by atoms with Gasteiger partial charge in [-0.2, -0.15) is 0 Å². The van der Waals surface area contributed by atoms with E-state index in [2.05, 4.69) is 23.8 Å². The molecule has 118 heavy (non-hydrogen) atoms. The zero-order chi connectivity index (χ0) is 81.9. The number of fused-ring (bicyclic) bond motifs is 8. The molecule has 2 unspecified atom stereocenters. The summed E-state index contributed by atoms with van der Waals surface area (Å²) in [4.78, 5) is 126. The van der Waals surface area contributed by atoms with Crippen LogP contribution in [0.1, 0.15) is 114 Å². The third-order valence-electron chi connectivity index (χ3n) is 21.9. The standard InChI is InChI=1S/C98H80N4O16/c1-53(2)97(109)111-45-15-13-43-99-91(103)73(47-59-19-17-23-67-65-21-9-11-25-75(65)117-89(59)67)101-93(105)69-49-77(113-61-35-27-55(5)28-36-61)83-85-79(115-63-39-31-57(7)32-40-63)51-71-82-72(52-80(116-64-41-33-58(8)34-42-64)86(88(82)85)84-78(114-62-37-29-56(6)30-38-62)50-70(94(101)106)81(69)87(83)84)96(108)102(95(71)107)74(92(104)100-44-14-16-46-112-98(110)54(3)4)48-60-20-18-24-68-66-22-10-12-26-76(66)118-90(60)68/h9-12,17-42,49-52,73-74H,1,3,13-16,43-48H2,2,4-8H3,(H,99,103)(H,100,104). The van der Waals surface area contributed by atoms with E-state index in [1.54, 1.807) is 98.8 Å². The van der Waals surface area contributed by atoms with Gasteiger partial charge in [-0.15, -0.1) is 0 Å². The van der Waals surface area contributed by atoms with Crippen LogP contribution in [-0.4, -0.2) is 95.6 Å². The van der Waals surface area contributed by atoms with E-state index in [0.29, 0.717) is 82.1 Å². The van der Waals surface area contributed by atoms with Gasteiger partial charge in [-0.3, -0.25) is 38.6 Å². The van der Waals surface area contributed by atoms with Crippen molar-refractivity contribution >= 4 is 134 Å². The molecule has 6 amide bonds. The van der Waals surface area contributed by atoms with Gasteiger partial charge in [-0.25, -0.2) is 9.59 Å². The van der Waals surface area contributed by atoms with Crippen molar-refractivity contribution in [1.29, 1.82) is 0 Å². The lowest BCUT2D eigenvalue weighted by Gasteiger charge is -2.36. The van der Waals surface area contributed by atoms with Gasteiger partial charge in [0.15, 0.2) is 0 Å². The number of aryl methyl sites for hydroxylation is 4. The van der Waals surface area contributed by atoms with Crippen LogP contribution in [0.4, 0.5) is 0 Å². The minimum absolute atomic E-state index is 0.0377. The molecule has 20 nitrogen and oxygen atoms in total. The number of para-hydroxylation sites is 4. The summed E-state index contributed by atoms with van der Waals surface area (Å²) in [5.41, 5.74) is 7.01. The molecule has 0 bridgehead atoms. The Labute approximate surface area is 677 Å². The molecule has 0 aliphatic carbocycles. The van der Waals surface area contributed by atoms with Crippen LogP contribution < -0.4 is 29.6 Å². The van der Waals surface area contributed by atoms with Gasteiger partial charge in [0.2, 0.25) is 11.8 Å². The summed E-state index contributed by atoms with van der Waals surface area (Å²) in [6.07, 6.45) is 0.967. The maximum Gasteiger partial charge on any atom is 0.333 e. The summed E-state index contributed by atoms with van der Waals surface area (Å²) in [5, 5.41) is 10.9. The Morgan fingerprint density at radius 2 is 0.661 bits per heavy atom. The highest BCUT2D eigenvalue weighted by Crippen LogP contribution is 2.58. The summed E-state index contributed by atoms with van der Waals surface area (Å²) >= 11 is 0. The molecule has 0 spiro atoms. The first kappa shape index (κ1) is 76.2. The Bertz CT molecular complexity index is 6070. The van der Waals surface area contributed by atoms with Crippen LogP contribution in [0.15, 0.2) is 239 Å². The van der Waals surface area contributed by atoms with Crippen LogP contribution in [0.3, 0.4) is 0 Å². The van der Waals surface area contributed by atoms with E-state index in [-0.39, 0.29) is 139 Å². The fourth-order valence-electron chi connectivity index (χ4n) is 16.0. The van der Waals surface area contributed by atoms with E-state index in [1.165, 1.54) is 0 Å². The largest absolute Gasteiger partial charge is 0.462 e. The zero-order valence-electron chi connectivity index (χ0n) is 65.7. The lowest BCUT2D eigenvalue weighted by atomic mass is 9.80. The Morgan fingerprint density at radius 1 is 0.364 bits per heavy atom. The van der Waals surface area contributed by atoms with E-state index in [9.17, 15) is 9.59 Å². The summed E-state index contributed by atoms with van der Waals surface area (Å²) in [5.74, 6) is -4.47. The second-order valence-corrected chi connectivity index (χ2v) is 30.4. The number of hydrogen-bond donors (Lipinski definition) is 2. The van der Waals surface area contributed by atoms with E-state index < -0.39 is 59.5 Å². The minimum Gasteiger partial charge on any atom is -0.462 e. The number of nitrogens with one attached hydrogen (secondary N) is 2. The molecule has 2 atom stereocenters. The minimum atomic E-state index is -1.57. The molecule has 2 aromatic heterocycles. The third-order valence-corrected chi connectivity index (χ3v) is 21.9.